The Balaban J connectivity index is 1.54. The van der Waals surface area contributed by atoms with Crippen molar-refractivity contribution in [1.29, 1.82) is 0 Å². The summed E-state index contributed by atoms with van der Waals surface area (Å²) in [5.74, 6) is -0.919. The topological polar surface area (TPSA) is 107 Å². The Kier molecular flexibility index (Phi) is 10.6. The second kappa shape index (κ2) is 13.7. The van der Waals surface area contributed by atoms with Crippen LogP contribution in [0.1, 0.15) is 23.2 Å². The molecule has 4 rings (SSSR count). The van der Waals surface area contributed by atoms with Crippen LogP contribution >= 0.6 is 67.8 Å². The fourth-order valence-corrected chi connectivity index (χ4v) is 7.24. The van der Waals surface area contributed by atoms with Crippen LogP contribution in [0.4, 0.5) is 0 Å². The molecular formula is C29H21I3O7S. The summed E-state index contributed by atoms with van der Waals surface area (Å²) in [6.07, 6.45) is 0.206. The third-order valence-corrected chi connectivity index (χ3v) is 10.3. The molecule has 0 unspecified atom stereocenters. The van der Waals surface area contributed by atoms with Crippen molar-refractivity contribution in [2.45, 2.75) is 17.7 Å². The Hall–Kier alpha value is -2.08. The maximum atomic E-state index is 12.7. The van der Waals surface area contributed by atoms with Crippen LogP contribution in [0.15, 0.2) is 89.8 Å². The highest BCUT2D eigenvalue weighted by Crippen LogP contribution is 2.39. The van der Waals surface area contributed by atoms with Gasteiger partial charge in [0.05, 0.1) is 12.2 Å². The molecule has 0 bridgehead atoms. The maximum absolute atomic E-state index is 12.7. The summed E-state index contributed by atoms with van der Waals surface area (Å²) in [7, 11) is -4.65. The van der Waals surface area contributed by atoms with E-state index in [1.54, 1.807) is 66.7 Å². The standard InChI is InChI=1S/C29H21I3O7S/c30-20-14-24(27(32)25(31)15-20)29(34)38-13-7-12-26(33)39-21-16-22(18-8-3-1-4-9-18)28(40(35,36)37)23(17-21)19-10-5-2-6-11-19/h1-6,8-11,14-17H,7,12-13H2,(H,35,36,37). The van der Waals surface area contributed by atoms with E-state index >= 15 is 0 Å². The third-order valence-electron chi connectivity index (χ3n) is 5.69. The van der Waals surface area contributed by atoms with Gasteiger partial charge in [0.2, 0.25) is 0 Å². The van der Waals surface area contributed by atoms with Crippen molar-refractivity contribution in [1.82, 2.24) is 0 Å². The molecule has 0 spiro atoms. The third kappa shape index (κ3) is 7.80. The first-order valence-electron chi connectivity index (χ1n) is 11.8. The molecule has 0 heterocycles. The summed E-state index contributed by atoms with van der Waals surface area (Å²) in [6, 6.07) is 23.9. The average molecular weight is 894 g/mol. The van der Waals surface area contributed by atoms with Crippen molar-refractivity contribution in [3.63, 3.8) is 0 Å². The van der Waals surface area contributed by atoms with E-state index in [9.17, 15) is 22.6 Å². The zero-order valence-corrected chi connectivity index (χ0v) is 27.9. The van der Waals surface area contributed by atoms with E-state index in [-0.39, 0.29) is 41.2 Å². The number of halogens is 3. The van der Waals surface area contributed by atoms with Crippen molar-refractivity contribution in [2.24, 2.45) is 0 Å². The quantitative estimate of drug-likeness (QED) is 0.0461. The minimum Gasteiger partial charge on any atom is -0.462 e. The van der Waals surface area contributed by atoms with Gasteiger partial charge in [-0.2, -0.15) is 8.42 Å². The molecule has 0 saturated carbocycles. The minimum absolute atomic E-state index is 0.0261. The van der Waals surface area contributed by atoms with E-state index < -0.39 is 22.1 Å². The Morgan fingerprint density at radius 3 is 1.88 bits per heavy atom. The van der Waals surface area contributed by atoms with Crippen molar-refractivity contribution in [3.8, 4) is 28.0 Å². The molecule has 0 aliphatic carbocycles. The molecule has 0 aromatic heterocycles. The Morgan fingerprint density at radius 2 is 1.35 bits per heavy atom. The highest BCUT2D eigenvalue weighted by molar-refractivity contribution is 14.1. The molecule has 0 radical (unpaired) electrons. The van der Waals surface area contributed by atoms with Gasteiger partial charge in [0.25, 0.3) is 10.1 Å². The second-order valence-electron chi connectivity index (χ2n) is 8.52. The molecule has 0 fully saturated rings. The van der Waals surface area contributed by atoms with E-state index in [0.717, 1.165) is 10.7 Å². The number of esters is 2. The molecular weight excluding hydrogens is 873 g/mol. The highest BCUT2D eigenvalue weighted by Gasteiger charge is 2.25. The van der Waals surface area contributed by atoms with Gasteiger partial charge in [0.1, 0.15) is 10.6 Å². The molecule has 11 heteroatoms. The lowest BCUT2D eigenvalue weighted by Gasteiger charge is -2.16. The Morgan fingerprint density at radius 1 is 0.800 bits per heavy atom. The molecule has 7 nitrogen and oxygen atoms in total. The highest BCUT2D eigenvalue weighted by atomic mass is 127. The average Bonchev–Trinajstić information content (AvgIpc) is 2.93. The minimum atomic E-state index is -4.65. The molecule has 0 amide bonds. The second-order valence-corrected chi connectivity index (χ2v) is 13.4. The Bertz CT molecular complexity index is 1600. The maximum Gasteiger partial charge on any atom is 0.339 e. The first-order valence-corrected chi connectivity index (χ1v) is 16.5. The normalized spacial score (nSPS) is 11.2. The number of carbonyl (C=O) groups is 2. The molecule has 0 atom stereocenters. The summed E-state index contributed by atoms with van der Waals surface area (Å²) >= 11 is 6.40. The number of benzene rings is 4. The lowest BCUT2D eigenvalue weighted by atomic mass is 9.98. The SMILES string of the molecule is O=C(CCCOC(=O)c1cc(I)cc(I)c1I)Oc1cc(-c2ccccc2)c(S(=O)(=O)O)c(-c2ccccc2)c1. The van der Waals surface area contributed by atoms with Crippen molar-refractivity contribution < 1.29 is 32.0 Å². The van der Waals surface area contributed by atoms with Crippen LogP contribution in [0.2, 0.25) is 0 Å². The lowest BCUT2D eigenvalue weighted by molar-refractivity contribution is -0.134. The van der Waals surface area contributed by atoms with Crippen LogP contribution in [0.25, 0.3) is 22.3 Å². The fraction of sp³-hybridized carbons (Fsp3) is 0.103. The molecule has 4 aromatic rings. The van der Waals surface area contributed by atoms with Gasteiger partial charge >= 0.3 is 11.9 Å². The monoisotopic (exact) mass is 894 g/mol. The molecule has 206 valence electrons. The first kappa shape index (κ1) is 30.9. The van der Waals surface area contributed by atoms with Crippen molar-refractivity contribution in [3.05, 3.63) is 101 Å². The number of rotatable bonds is 9. The van der Waals surface area contributed by atoms with Crippen molar-refractivity contribution in [2.75, 3.05) is 6.61 Å². The number of ether oxygens (including phenoxy) is 2. The van der Waals surface area contributed by atoms with Crippen LogP contribution < -0.4 is 4.74 Å². The molecule has 4 aromatic carbocycles. The number of hydrogen-bond acceptors (Lipinski definition) is 6. The van der Waals surface area contributed by atoms with E-state index in [0.29, 0.717) is 16.7 Å². The predicted molar refractivity (Wildman–Crippen MR) is 177 cm³/mol. The van der Waals surface area contributed by atoms with Crippen LogP contribution in [-0.2, 0) is 19.6 Å². The lowest BCUT2D eigenvalue weighted by Crippen LogP contribution is -2.13. The van der Waals surface area contributed by atoms with Crippen LogP contribution in [0, 0.1) is 10.7 Å². The van der Waals surface area contributed by atoms with Gasteiger partial charge in [-0.15, -0.1) is 0 Å². The van der Waals surface area contributed by atoms with Gasteiger partial charge in [-0.25, -0.2) is 4.79 Å². The van der Waals surface area contributed by atoms with Crippen LogP contribution in [0.5, 0.6) is 5.75 Å². The van der Waals surface area contributed by atoms with Gasteiger partial charge < -0.3 is 9.47 Å². The van der Waals surface area contributed by atoms with E-state index in [4.69, 9.17) is 9.47 Å². The smallest absolute Gasteiger partial charge is 0.339 e. The molecule has 0 aliphatic rings. The summed E-state index contributed by atoms with van der Waals surface area (Å²) in [4.78, 5) is 25.0. The van der Waals surface area contributed by atoms with Gasteiger partial charge in [-0.05, 0) is 110 Å². The van der Waals surface area contributed by atoms with Crippen molar-refractivity contribution >= 4 is 89.8 Å². The Labute approximate surface area is 272 Å². The summed E-state index contributed by atoms with van der Waals surface area (Å²) in [5, 5.41) is 0. The van der Waals surface area contributed by atoms with E-state index in [1.807, 2.05) is 6.07 Å². The number of hydrogen-bond donors (Lipinski definition) is 1. The zero-order valence-electron chi connectivity index (χ0n) is 20.6. The van der Waals surface area contributed by atoms with Gasteiger partial charge in [0.15, 0.2) is 0 Å². The molecule has 0 aliphatic heterocycles. The van der Waals surface area contributed by atoms with Gasteiger partial charge in [-0.1, -0.05) is 60.7 Å². The predicted octanol–water partition coefficient (Wildman–Crippen LogP) is 7.62. The summed E-state index contributed by atoms with van der Waals surface area (Å²) in [6.45, 7) is 0.0261. The van der Waals surface area contributed by atoms with Crippen LogP contribution in [0.3, 0.4) is 0 Å². The zero-order chi connectivity index (χ0) is 28.9. The largest absolute Gasteiger partial charge is 0.462 e. The summed E-state index contributed by atoms with van der Waals surface area (Å²) in [5.41, 5.74) is 1.92. The molecule has 40 heavy (non-hydrogen) atoms. The van der Waals surface area contributed by atoms with Crippen LogP contribution in [-0.4, -0.2) is 31.5 Å². The van der Waals surface area contributed by atoms with Gasteiger partial charge in [0, 0.05) is 28.3 Å². The summed E-state index contributed by atoms with van der Waals surface area (Å²) < 4.78 is 48.9. The molecule has 1 N–H and O–H groups in total. The van der Waals surface area contributed by atoms with Gasteiger partial charge in [-0.3, -0.25) is 9.35 Å². The van der Waals surface area contributed by atoms with E-state index in [2.05, 4.69) is 67.8 Å². The fourth-order valence-electron chi connectivity index (χ4n) is 3.95. The first-order chi connectivity index (χ1) is 19.0. The number of carbonyl (C=O) groups excluding carboxylic acids is 2. The molecule has 0 saturated heterocycles. The van der Waals surface area contributed by atoms with E-state index in [1.165, 1.54) is 12.1 Å².